The van der Waals surface area contributed by atoms with Crippen molar-refractivity contribution in [3.63, 3.8) is 0 Å². The largest absolute Gasteiger partial charge is 0.324 e. The molecular formula is C23H23F2N3O2S. The summed E-state index contributed by atoms with van der Waals surface area (Å²) < 4.78 is 42.4. The summed E-state index contributed by atoms with van der Waals surface area (Å²) in [6.45, 7) is 4.27. The van der Waals surface area contributed by atoms with E-state index >= 15 is 0 Å². The van der Waals surface area contributed by atoms with E-state index in [2.05, 4.69) is 0 Å². The first-order valence-electron chi connectivity index (χ1n) is 10.0. The molecule has 1 aliphatic rings. The van der Waals surface area contributed by atoms with Gasteiger partial charge in [-0.1, -0.05) is 13.8 Å². The molecule has 2 atom stereocenters. The molecule has 2 heterocycles. The van der Waals surface area contributed by atoms with Gasteiger partial charge in [-0.3, -0.25) is 4.79 Å². The number of fused-ring (bicyclic) bond motifs is 1. The molecule has 3 aromatic rings. The maximum Gasteiger partial charge on any atom is 0.150 e. The van der Waals surface area contributed by atoms with Gasteiger partial charge in [-0.25, -0.2) is 18.0 Å². The summed E-state index contributed by atoms with van der Waals surface area (Å²) >= 11 is 0. The minimum atomic E-state index is -1.66. The molecule has 0 fully saturated rings. The molecule has 2 unspecified atom stereocenters. The summed E-state index contributed by atoms with van der Waals surface area (Å²) in [6, 6.07) is 11.3. The van der Waals surface area contributed by atoms with Crippen molar-refractivity contribution in [2.75, 3.05) is 6.54 Å². The molecule has 0 aliphatic carbocycles. The Kier molecular flexibility index (Phi) is 5.61. The number of imidazole rings is 1. The first-order valence-corrected chi connectivity index (χ1v) is 11.2. The second-order valence-corrected chi connectivity index (χ2v) is 9.60. The normalized spacial score (nSPS) is 18.4. The fourth-order valence-electron chi connectivity index (χ4n) is 4.27. The number of carbonyl (C=O) groups excluding carboxylic acids is 1. The molecule has 162 valence electrons. The zero-order chi connectivity index (χ0) is 22.3. The van der Waals surface area contributed by atoms with Gasteiger partial charge in [0.05, 0.1) is 6.54 Å². The average molecular weight is 444 g/mol. The maximum atomic E-state index is 13.6. The molecule has 1 aliphatic heterocycles. The third-order valence-electron chi connectivity index (χ3n) is 5.92. The second kappa shape index (κ2) is 8.09. The lowest BCUT2D eigenvalue weighted by Gasteiger charge is -2.37. The molecule has 0 amide bonds. The first-order chi connectivity index (χ1) is 14.7. The van der Waals surface area contributed by atoms with Gasteiger partial charge in [0.25, 0.3) is 0 Å². The zero-order valence-electron chi connectivity index (χ0n) is 17.3. The Bertz CT molecular complexity index is 1150. The molecule has 0 saturated carbocycles. The minimum absolute atomic E-state index is 0.0382. The number of hydrogen-bond donors (Lipinski definition) is 1. The van der Waals surface area contributed by atoms with Crippen LogP contribution in [0.25, 0.3) is 11.3 Å². The van der Waals surface area contributed by atoms with E-state index < -0.39 is 22.0 Å². The third-order valence-corrected chi connectivity index (χ3v) is 7.39. The monoisotopic (exact) mass is 443 g/mol. The van der Waals surface area contributed by atoms with Crippen LogP contribution in [0.15, 0.2) is 58.5 Å². The van der Waals surface area contributed by atoms with Crippen LogP contribution < -0.4 is 5.73 Å². The minimum Gasteiger partial charge on any atom is -0.324 e. The summed E-state index contributed by atoms with van der Waals surface area (Å²) in [4.78, 5) is 17.7. The Morgan fingerprint density at radius 3 is 2.29 bits per heavy atom. The van der Waals surface area contributed by atoms with Crippen molar-refractivity contribution in [3.05, 3.63) is 66.0 Å². The van der Waals surface area contributed by atoms with Gasteiger partial charge < -0.3 is 10.3 Å². The number of Topliss-reactive ketones (excluding diaryl/α,β-unsaturated/α-hetero) is 1. The van der Waals surface area contributed by atoms with Crippen LogP contribution in [0.2, 0.25) is 0 Å². The molecule has 2 aromatic carbocycles. The summed E-state index contributed by atoms with van der Waals surface area (Å²) in [5.74, 6) is -0.512. The van der Waals surface area contributed by atoms with Crippen LogP contribution in [0.5, 0.6) is 0 Å². The number of ketones is 1. The number of carbonyl (C=O) groups is 1. The Morgan fingerprint density at radius 2 is 1.71 bits per heavy atom. The maximum absolute atomic E-state index is 13.6. The van der Waals surface area contributed by atoms with E-state index in [0.717, 1.165) is 0 Å². The predicted octanol–water partition coefficient (Wildman–Crippen LogP) is 3.82. The summed E-state index contributed by atoms with van der Waals surface area (Å²) in [5, 5.41) is 0.458. The second-order valence-electron chi connectivity index (χ2n) is 8.20. The Balaban J connectivity index is 1.92. The number of aromatic nitrogens is 2. The molecular weight excluding hydrogens is 420 g/mol. The van der Waals surface area contributed by atoms with Gasteiger partial charge in [-0.05, 0) is 55.0 Å². The van der Waals surface area contributed by atoms with Gasteiger partial charge in [-0.15, -0.1) is 0 Å². The number of hydrogen-bond acceptors (Lipinski definition) is 4. The number of nitrogens with zero attached hydrogens (tertiary/aromatic N) is 2. The van der Waals surface area contributed by atoms with Crippen molar-refractivity contribution >= 4 is 16.6 Å². The predicted molar refractivity (Wildman–Crippen MR) is 114 cm³/mol. The Hall–Kier alpha value is -2.71. The van der Waals surface area contributed by atoms with E-state index in [0.29, 0.717) is 40.0 Å². The fraction of sp³-hybridized carbons (Fsp3) is 0.304. The van der Waals surface area contributed by atoms with Crippen molar-refractivity contribution in [3.8, 4) is 11.3 Å². The van der Waals surface area contributed by atoms with E-state index in [4.69, 9.17) is 10.7 Å². The fourth-order valence-corrected chi connectivity index (χ4v) is 5.60. The van der Waals surface area contributed by atoms with Gasteiger partial charge in [0.15, 0.2) is 5.78 Å². The number of benzene rings is 2. The quantitative estimate of drug-likeness (QED) is 0.650. The van der Waals surface area contributed by atoms with Crippen LogP contribution >= 0.6 is 0 Å². The highest BCUT2D eigenvalue weighted by Gasteiger charge is 2.44. The van der Waals surface area contributed by atoms with Crippen molar-refractivity contribution in [2.24, 2.45) is 11.7 Å². The molecule has 0 radical (unpaired) electrons. The SMILES string of the molecule is CC1(C)c2nc(-c3ccc(F)cc3)c(S(=O)c3ccc(F)cc3)n2CCC1C(=O)CN. The van der Waals surface area contributed by atoms with E-state index in [9.17, 15) is 17.8 Å². The number of nitrogens with two attached hydrogens (primary N) is 1. The van der Waals surface area contributed by atoms with Gasteiger partial charge in [-0.2, -0.15) is 0 Å². The number of rotatable bonds is 5. The molecule has 8 heteroatoms. The molecule has 4 rings (SSSR count). The molecule has 2 N–H and O–H groups in total. The lowest BCUT2D eigenvalue weighted by Crippen LogP contribution is -2.44. The Labute approximate surface area is 181 Å². The van der Waals surface area contributed by atoms with Crippen molar-refractivity contribution < 1.29 is 17.8 Å². The van der Waals surface area contributed by atoms with Gasteiger partial charge in [0.1, 0.15) is 39.0 Å². The smallest absolute Gasteiger partial charge is 0.150 e. The lowest BCUT2D eigenvalue weighted by atomic mass is 9.72. The summed E-state index contributed by atoms with van der Waals surface area (Å²) in [5.41, 5.74) is 6.08. The van der Waals surface area contributed by atoms with Gasteiger partial charge in [0.2, 0.25) is 0 Å². The van der Waals surface area contributed by atoms with E-state index in [1.165, 1.54) is 36.4 Å². The lowest BCUT2D eigenvalue weighted by molar-refractivity contribution is -0.124. The van der Waals surface area contributed by atoms with Crippen LogP contribution in [0.4, 0.5) is 8.78 Å². The van der Waals surface area contributed by atoms with Crippen molar-refractivity contribution in [2.45, 2.75) is 42.1 Å². The molecule has 31 heavy (non-hydrogen) atoms. The third kappa shape index (κ3) is 3.74. The van der Waals surface area contributed by atoms with E-state index in [1.54, 1.807) is 12.1 Å². The highest BCUT2D eigenvalue weighted by Crippen LogP contribution is 2.42. The van der Waals surface area contributed by atoms with Crippen molar-refractivity contribution in [1.29, 1.82) is 0 Å². The van der Waals surface area contributed by atoms with Crippen LogP contribution in [-0.4, -0.2) is 26.1 Å². The van der Waals surface area contributed by atoms with Crippen LogP contribution in [0.3, 0.4) is 0 Å². The van der Waals surface area contributed by atoms with Crippen LogP contribution in [-0.2, 0) is 27.6 Å². The highest BCUT2D eigenvalue weighted by molar-refractivity contribution is 7.85. The highest BCUT2D eigenvalue weighted by atomic mass is 32.2. The molecule has 0 bridgehead atoms. The molecule has 0 saturated heterocycles. The van der Waals surface area contributed by atoms with E-state index in [1.807, 2.05) is 18.4 Å². The summed E-state index contributed by atoms with van der Waals surface area (Å²) in [6.07, 6.45) is 0.545. The van der Waals surface area contributed by atoms with Crippen LogP contribution in [0, 0.1) is 17.6 Å². The average Bonchev–Trinajstić information content (AvgIpc) is 3.15. The van der Waals surface area contributed by atoms with Crippen LogP contribution in [0.1, 0.15) is 26.1 Å². The summed E-state index contributed by atoms with van der Waals surface area (Å²) in [7, 11) is -1.66. The Morgan fingerprint density at radius 1 is 1.13 bits per heavy atom. The van der Waals surface area contributed by atoms with E-state index in [-0.39, 0.29) is 24.1 Å². The number of halogens is 2. The first kappa shape index (κ1) is 21.5. The molecule has 1 aromatic heterocycles. The zero-order valence-corrected chi connectivity index (χ0v) is 18.1. The van der Waals surface area contributed by atoms with Crippen molar-refractivity contribution in [1.82, 2.24) is 9.55 Å². The van der Waals surface area contributed by atoms with Gasteiger partial charge >= 0.3 is 0 Å². The molecule has 5 nitrogen and oxygen atoms in total. The topological polar surface area (TPSA) is 78.0 Å². The van der Waals surface area contributed by atoms with Gasteiger partial charge in [0, 0.05) is 28.3 Å². The standard InChI is InChI=1S/C23H23F2N3O2S/c1-23(2)18(19(29)13-26)11-12-28-21(31(30)17-9-7-16(25)8-10-17)20(27-22(23)28)14-3-5-15(24)6-4-14/h3-10,18H,11-13,26H2,1-2H3. The molecule has 0 spiro atoms.